The average Bonchev–Trinajstić information content (AvgIpc) is 2.68. The Morgan fingerprint density at radius 1 is 1.24 bits per heavy atom. The van der Waals surface area contributed by atoms with Crippen molar-refractivity contribution in [2.45, 2.75) is 38.1 Å². The van der Waals surface area contributed by atoms with Crippen LogP contribution in [-0.2, 0) is 4.74 Å². The van der Waals surface area contributed by atoms with E-state index < -0.39 is 6.10 Å². The maximum Gasteiger partial charge on any atom is 0.0781 e. The van der Waals surface area contributed by atoms with Crippen LogP contribution in [0.3, 0.4) is 0 Å². The van der Waals surface area contributed by atoms with E-state index in [0.717, 1.165) is 18.7 Å². The lowest BCUT2D eigenvalue weighted by Crippen LogP contribution is -2.43. The van der Waals surface area contributed by atoms with E-state index in [1.54, 1.807) is 0 Å². The van der Waals surface area contributed by atoms with Gasteiger partial charge in [0.15, 0.2) is 0 Å². The first-order valence-corrected chi connectivity index (χ1v) is 6.41. The summed E-state index contributed by atoms with van der Waals surface area (Å²) in [5, 5.41) is 9.82. The van der Waals surface area contributed by atoms with Gasteiger partial charge in [0.05, 0.1) is 18.3 Å². The number of hydrogen-bond acceptors (Lipinski definition) is 3. The normalized spacial score (nSPS) is 29.4. The molecule has 0 saturated carbocycles. The smallest absolute Gasteiger partial charge is 0.0781 e. The number of ether oxygens (including phenoxy) is 1. The first-order valence-electron chi connectivity index (χ1n) is 6.41. The van der Waals surface area contributed by atoms with Crippen LogP contribution >= 0.6 is 0 Å². The first kappa shape index (κ1) is 11.1. The van der Waals surface area contributed by atoms with Crippen molar-refractivity contribution in [3.8, 4) is 0 Å². The zero-order valence-electron chi connectivity index (χ0n) is 10.2. The van der Waals surface area contributed by atoms with E-state index in [-0.39, 0.29) is 0 Å². The minimum Gasteiger partial charge on any atom is -0.389 e. The molecule has 2 saturated heterocycles. The lowest BCUT2D eigenvalue weighted by atomic mass is 10.1. The van der Waals surface area contributed by atoms with Gasteiger partial charge in [0.25, 0.3) is 0 Å². The number of para-hydroxylation sites is 1. The van der Waals surface area contributed by atoms with Crippen LogP contribution in [0.15, 0.2) is 24.3 Å². The molecule has 2 bridgehead atoms. The van der Waals surface area contributed by atoms with E-state index in [2.05, 4.69) is 11.0 Å². The molecule has 3 rings (SSSR count). The molecule has 3 nitrogen and oxygen atoms in total. The predicted molar refractivity (Wildman–Crippen MR) is 67.2 cm³/mol. The molecule has 0 spiro atoms. The second kappa shape index (κ2) is 4.31. The number of aliphatic hydroxyl groups is 1. The molecule has 0 aromatic heterocycles. The molecule has 2 heterocycles. The van der Waals surface area contributed by atoms with Crippen molar-refractivity contribution in [1.82, 2.24) is 0 Å². The van der Waals surface area contributed by atoms with E-state index >= 15 is 0 Å². The molecule has 92 valence electrons. The van der Waals surface area contributed by atoms with Crippen LogP contribution in [0, 0.1) is 0 Å². The summed E-state index contributed by atoms with van der Waals surface area (Å²) in [6, 6.07) is 8.14. The van der Waals surface area contributed by atoms with Crippen molar-refractivity contribution in [3.05, 3.63) is 29.8 Å². The minimum atomic E-state index is -0.410. The molecule has 2 fully saturated rings. The summed E-state index contributed by atoms with van der Waals surface area (Å²) >= 11 is 0. The number of morpholine rings is 1. The van der Waals surface area contributed by atoms with Crippen LogP contribution in [0.25, 0.3) is 0 Å². The summed E-state index contributed by atoms with van der Waals surface area (Å²) in [5.74, 6) is 0. The fourth-order valence-corrected chi connectivity index (χ4v) is 2.94. The van der Waals surface area contributed by atoms with Gasteiger partial charge in [-0.05, 0) is 25.8 Å². The highest BCUT2D eigenvalue weighted by Crippen LogP contribution is 2.33. The second-order valence-corrected chi connectivity index (χ2v) is 5.10. The zero-order chi connectivity index (χ0) is 11.8. The number of hydrogen-bond donors (Lipinski definition) is 1. The van der Waals surface area contributed by atoms with Crippen molar-refractivity contribution in [2.75, 3.05) is 18.0 Å². The summed E-state index contributed by atoms with van der Waals surface area (Å²) in [6.45, 7) is 3.74. The summed E-state index contributed by atoms with van der Waals surface area (Å²) in [7, 11) is 0. The second-order valence-electron chi connectivity index (χ2n) is 5.10. The highest BCUT2D eigenvalue weighted by Gasteiger charge is 2.34. The summed E-state index contributed by atoms with van der Waals surface area (Å²) in [4.78, 5) is 2.37. The van der Waals surface area contributed by atoms with Crippen LogP contribution in [-0.4, -0.2) is 30.4 Å². The molecule has 2 aliphatic heterocycles. The number of fused-ring (bicyclic) bond motifs is 2. The Bertz CT molecular complexity index is 393. The first-order chi connectivity index (χ1) is 8.24. The third kappa shape index (κ3) is 2.05. The van der Waals surface area contributed by atoms with Crippen molar-refractivity contribution >= 4 is 5.69 Å². The summed E-state index contributed by atoms with van der Waals surface area (Å²) in [5.41, 5.74) is 2.19. The van der Waals surface area contributed by atoms with E-state index in [0.29, 0.717) is 12.2 Å². The highest BCUT2D eigenvalue weighted by molar-refractivity contribution is 5.55. The predicted octanol–water partition coefficient (Wildman–Crippen LogP) is 2.11. The SMILES string of the molecule is C[C@H](O)c1ccccc1N1CC2CCC(C1)O2. The molecule has 0 radical (unpaired) electrons. The molecule has 1 aromatic rings. The van der Waals surface area contributed by atoms with Crippen LogP contribution in [0.4, 0.5) is 5.69 Å². The number of benzene rings is 1. The van der Waals surface area contributed by atoms with Crippen molar-refractivity contribution in [3.63, 3.8) is 0 Å². The Hall–Kier alpha value is -1.06. The van der Waals surface area contributed by atoms with Gasteiger partial charge in [-0.15, -0.1) is 0 Å². The monoisotopic (exact) mass is 233 g/mol. The molecule has 2 unspecified atom stereocenters. The number of aliphatic hydroxyl groups excluding tert-OH is 1. The van der Waals surface area contributed by atoms with Crippen molar-refractivity contribution in [1.29, 1.82) is 0 Å². The molecule has 1 N–H and O–H groups in total. The van der Waals surface area contributed by atoms with Crippen LogP contribution in [0.1, 0.15) is 31.4 Å². The Labute approximate surface area is 102 Å². The Morgan fingerprint density at radius 2 is 1.88 bits per heavy atom. The molecular weight excluding hydrogens is 214 g/mol. The topological polar surface area (TPSA) is 32.7 Å². The third-order valence-corrected chi connectivity index (χ3v) is 3.77. The number of anilines is 1. The molecular formula is C14H19NO2. The van der Waals surface area contributed by atoms with Gasteiger partial charge in [0.1, 0.15) is 0 Å². The van der Waals surface area contributed by atoms with Gasteiger partial charge in [-0.1, -0.05) is 18.2 Å². The summed E-state index contributed by atoms with van der Waals surface area (Å²) in [6.07, 6.45) is 2.72. The van der Waals surface area contributed by atoms with E-state index in [1.807, 2.05) is 25.1 Å². The molecule has 0 amide bonds. The summed E-state index contributed by atoms with van der Waals surface area (Å²) < 4.78 is 5.85. The molecule has 3 atom stereocenters. The maximum atomic E-state index is 9.82. The lowest BCUT2D eigenvalue weighted by Gasteiger charge is -2.35. The van der Waals surface area contributed by atoms with Crippen molar-refractivity contribution in [2.24, 2.45) is 0 Å². The van der Waals surface area contributed by atoms with Gasteiger partial charge in [0.2, 0.25) is 0 Å². The van der Waals surface area contributed by atoms with E-state index in [4.69, 9.17) is 4.74 Å². The average molecular weight is 233 g/mol. The third-order valence-electron chi connectivity index (χ3n) is 3.77. The molecule has 1 aromatic carbocycles. The van der Waals surface area contributed by atoms with Gasteiger partial charge in [0, 0.05) is 24.3 Å². The van der Waals surface area contributed by atoms with Gasteiger partial charge in [-0.25, -0.2) is 0 Å². The Balaban J connectivity index is 1.88. The fourth-order valence-electron chi connectivity index (χ4n) is 2.94. The minimum absolute atomic E-state index is 0.385. The van der Waals surface area contributed by atoms with E-state index in [1.165, 1.54) is 18.5 Å². The number of rotatable bonds is 2. The largest absolute Gasteiger partial charge is 0.389 e. The van der Waals surface area contributed by atoms with Crippen molar-refractivity contribution < 1.29 is 9.84 Å². The standard InChI is InChI=1S/C14H19NO2/c1-10(16)13-4-2-3-5-14(13)15-8-11-6-7-12(9-15)17-11/h2-5,10-12,16H,6-9H2,1H3/t10-,11?,12?/m0/s1. The van der Waals surface area contributed by atoms with E-state index in [9.17, 15) is 5.11 Å². The number of nitrogens with zero attached hydrogens (tertiary/aromatic N) is 1. The lowest BCUT2D eigenvalue weighted by molar-refractivity contribution is 0.0303. The maximum absolute atomic E-state index is 9.82. The van der Waals surface area contributed by atoms with Crippen LogP contribution in [0.5, 0.6) is 0 Å². The molecule has 3 heteroatoms. The Kier molecular flexibility index (Phi) is 2.81. The van der Waals surface area contributed by atoms with Gasteiger partial charge >= 0.3 is 0 Å². The molecule has 2 aliphatic rings. The van der Waals surface area contributed by atoms with Gasteiger partial charge in [-0.3, -0.25) is 0 Å². The highest BCUT2D eigenvalue weighted by atomic mass is 16.5. The van der Waals surface area contributed by atoms with Gasteiger partial charge < -0.3 is 14.7 Å². The van der Waals surface area contributed by atoms with Crippen LogP contribution < -0.4 is 4.90 Å². The fraction of sp³-hybridized carbons (Fsp3) is 0.571. The molecule has 0 aliphatic carbocycles. The quantitative estimate of drug-likeness (QED) is 0.849. The van der Waals surface area contributed by atoms with Crippen LogP contribution in [0.2, 0.25) is 0 Å². The van der Waals surface area contributed by atoms with Gasteiger partial charge in [-0.2, -0.15) is 0 Å². The Morgan fingerprint density at radius 3 is 2.53 bits per heavy atom. The zero-order valence-corrected chi connectivity index (χ0v) is 10.2. The molecule has 17 heavy (non-hydrogen) atoms.